The van der Waals surface area contributed by atoms with Crippen molar-refractivity contribution >= 4 is 0 Å². The Kier molecular flexibility index (Phi) is 4.60. The third kappa shape index (κ3) is 3.11. The van der Waals surface area contributed by atoms with Gasteiger partial charge in [-0.3, -0.25) is 0 Å². The summed E-state index contributed by atoms with van der Waals surface area (Å²) >= 11 is 0. The zero-order valence-electron chi connectivity index (χ0n) is 11.3. The van der Waals surface area contributed by atoms with Gasteiger partial charge in [-0.2, -0.15) is 0 Å². The molecule has 1 unspecified atom stereocenters. The van der Waals surface area contributed by atoms with Crippen LogP contribution in [0, 0.1) is 26.7 Å². The van der Waals surface area contributed by atoms with Crippen molar-refractivity contribution in [2.75, 3.05) is 0 Å². The van der Waals surface area contributed by atoms with Gasteiger partial charge in [0.15, 0.2) is 0 Å². The molecular weight excluding hydrogens is 198 g/mol. The van der Waals surface area contributed by atoms with Gasteiger partial charge in [-0.05, 0) is 38.7 Å². The number of hydrogen-bond acceptors (Lipinski definition) is 2. The van der Waals surface area contributed by atoms with Crippen molar-refractivity contribution in [1.82, 2.24) is 0 Å². The molecule has 0 spiro atoms. The highest BCUT2D eigenvalue weighted by Crippen LogP contribution is 2.28. The van der Waals surface area contributed by atoms with E-state index in [0.717, 1.165) is 23.9 Å². The molecule has 0 aliphatic carbocycles. The third-order valence-electron chi connectivity index (χ3n) is 3.28. The second kappa shape index (κ2) is 5.53. The first-order valence-electron chi connectivity index (χ1n) is 6.25. The van der Waals surface area contributed by atoms with Gasteiger partial charge in [0.05, 0.1) is 0 Å². The van der Waals surface area contributed by atoms with E-state index in [0.29, 0.717) is 0 Å². The average Bonchev–Trinajstić information content (AvgIpc) is 2.40. The van der Waals surface area contributed by atoms with Gasteiger partial charge in [-0.25, -0.2) is 0 Å². The number of aryl methyl sites for hydroxylation is 2. The summed E-state index contributed by atoms with van der Waals surface area (Å²) in [5, 5.41) is 0. The molecule has 2 heteroatoms. The van der Waals surface area contributed by atoms with Crippen LogP contribution in [0.3, 0.4) is 0 Å². The quantitative estimate of drug-likeness (QED) is 0.818. The highest BCUT2D eigenvalue weighted by molar-refractivity contribution is 5.33. The van der Waals surface area contributed by atoms with Crippen LogP contribution in [0.5, 0.6) is 0 Å². The molecule has 0 saturated heterocycles. The van der Waals surface area contributed by atoms with Crippen LogP contribution in [0.25, 0.3) is 0 Å². The highest BCUT2D eigenvalue weighted by atomic mass is 16.3. The smallest absolute Gasteiger partial charge is 0.106 e. The van der Waals surface area contributed by atoms with Crippen LogP contribution in [0.4, 0.5) is 0 Å². The van der Waals surface area contributed by atoms with Crippen LogP contribution in [0.1, 0.15) is 61.8 Å². The van der Waals surface area contributed by atoms with Crippen molar-refractivity contribution < 1.29 is 4.42 Å². The maximum Gasteiger partial charge on any atom is 0.106 e. The predicted octanol–water partition coefficient (Wildman–Crippen LogP) is 4.03. The summed E-state index contributed by atoms with van der Waals surface area (Å²) in [4.78, 5) is 0. The van der Waals surface area contributed by atoms with Crippen LogP contribution < -0.4 is 5.73 Å². The van der Waals surface area contributed by atoms with E-state index in [-0.39, 0.29) is 6.04 Å². The number of furan rings is 1. The molecule has 0 aromatic carbocycles. The van der Waals surface area contributed by atoms with Crippen LogP contribution in [-0.2, 0) is 0 Å². The topological polar surface area (TPSA) is 39.2 Å². The van der Waals surface area contributed by atoms with Gasteiger partial charge in [0.25, 0.3) is 0 Å². The van der Waals surface area contributed by atoms with E-state index in [4.69, 9.17) is 10.2 Å². The summed E-state index contributed by atoms with van der Waals surface area (Å²) in [6.07, 6.45) is 3.50. The summed E-state index contributed by atoms with van der Waals surface area (Å²) in [5.74, 6) is 2.76. The number of hydrogen-bond donors (Lipinski definition) is 1. The molecule has 2 N–H and O–H groups in total. The minimum absolute atomic E-state index is 0.135. The van der Waals surface area contributed by atoms with Crippen molar-refractivity contribution in [3.05, 3.63) is 22.6 Å². The van der Waals surface area contributed by atoms with Gasteiger partial charge in [0.2, 0.25) is 0 Å². The molecule has 16 heavy (non-hydrogen) atoms. The van der Waals surface area contributed by atoms with Crippen LogP contribution in [-0.4, -0.2) is 0 Å². The van der Waals surface area contributed by atoms with E-state index in [2.05, 4.69) is 20.8 Å². The molecule has 2 nitrogen and oxygen atoms in total. The lowest BCUT2D eigenvalue weighted by molar-refractivity contribution is 0.482. The molecule has 0 amide bonds. The van der Waals surface area contributed by atoms with E-state index < -0.39 is 0 Å². The molecule has 92 valence electrons. The summed E-state index contributed by atoms with van der Waals surface area (Å²) in [6.45, 7) is 10.6. The van der Waals surface area contributed by atoms with Crippen molar-refractivity contribution in [1.29, 1.82) is 0 Å². The Balaban J connectivity index is 2.62. The Labute approximate surface area is 99.2 Å². The zero-order valence-corrected chi connectivity index (χ0v) is 11.3. The summed E-state index contributed by atoms with van der Waals surface area (Å²) in [5.41, 5.74) is 8.69. The first kappa shape index (κ1) is 13.3. The Morgan fingerprint density at radius 1 is 1.06 bits per heavy atom. The molecule has 0 fully saturated rings. The highest BCUT2D eigenvalue weighted by Gasteiger charge is 2.17. The number of rotatable bonds is 5. The summed E-state index contributed by atoms with van der Waals surface area (Å²) in [7, 11) is 0. The average molecular weight is 223 g/mol. The lowest BCUT2D eigenvalue weighted by atomic mass is 9.96. The molecule has 0 radical (unpaired) electrons. The second-order valence-electron chi connectivity index (χ2n) is 5.18. The largest absolute Gasteiger partial charge is 0.466 e. The molecule has 1 heterocycles. The summed E-state index contributed by atoms with van der Waals surface area (Å²) < 4.78 is 5.61. The van der Waals surface area contributed by atoms with Gasteiger partial charge >= 0.3 is 0 Å². The Bertz CT molecular complexity index is 339. The van der Waals surface area contributed by atoms with Gasteiger partial charge in [0.1, 0.15) is 11.5 Å². The van der Waals surface area contributed by atoms with Gasteiger partial charge in [-0.15, -0.1) is 0 Å². The van der Waals surface area contributed by atoms with Crippen molar-refractivity contribution in [2.24, 2.45) is 11.7 Å². The molecule has 0 aliphatic rings. The van der Waals surface area contributed by atoms with E-state index in [9.17, 15) is 0 Å². The Morgan fingerprint density at radius 3 is 2.12 bits per heavy atom. The van der Waals surface area contributed by atoms with Crippen LogP contribution in [0.2, 0.25) is 0 Å². The normalized spacial score (nSPS) is 13.4. The van der Waals surface area contributed by atoms with Crippen molar-refractivity contribution in [3.8, 4) is 0 Å². The minimum Gasteiger partial charge on any atom is -0.466 e. The lowest BCUT2D eigenvalue weighted by Gasteiger charge is -2.13. The minimum atomic E-state index is 0.135. The molecular formula is C14H25NO. The third-order valence-corrected chi connectivity index (χ3v) is 3.28. The lowest BCUT2D eigenvalue weighted by Crippen LogP contribution is -2.12. The fraction of sp³-hybridized carbons (Fsp3) is 0.714. The standard InChI is InChI=1S/C14H25NO/c1-9(2)7-6-8-13(15)14-10(3)11(4)16-12(14)5/h9,13H,6-8,15H2,1-5H3. The molecule has 0 bridgehead atoms. The SMILES string of the molecule is Cc1oc(C)c(C(N)CCCC(C)C)c1C. The van der Waals surface area contributed by atoms with Crippen molar-refractivity contribution in [2.45, 2.75) is 59.9 Å². The van der Waals surface area contributed by atoms with Gasteiger partial charge in [-0.1, -0.05) is 26.7 Å². The van der Waals surface area contributed by atoms with E-state index in [1.807, 2.05) is 13.8 Å². The molecule has 1 aromatic heterocycles. The Morgan fingerprint density at radius 2 is 1.69 bits per heavy atom. The monoisotopic (exact) mass is 223 g/mol. The predicted molar refractivity (Wildman–Crippen MR) is 68.5 cm³/mol. The molecule has 0 saturated carbocycles. The van der Waals surface area contributed by atoms with E-state index in [1.165, 1.54) is 24.0 Å². The fourth-order valence-electron chi connectivity index (χ4n) is 2.24. The molecule has 0 aliphatic heterocycles. The van der Waals surface area contributed by atoms with E-state index in [1.54, 1.807) is 0 Å². The maximum atomic E-state index is 6.24. The number of nitrogens with two attached hydrogens (primary N) is 1. The fourth-order valence-corrected chi connectivity index (χ4v) is 2.24. The van der Waals surface area contributed by atoms with Crippen LogP contribution >= 0.6 is 0 Å². The molecule has 1 aromatic rings. The van der Waals surface area contributed by atoms with E-state index >= 15 is 0 Å². The van der Waals surface area contributed by atoms with Crippen molar-refractivity contribution in [3.63, 3.8) is 0 Å². The molecule has 1 atom stereocenters. The Hall–Kier alpha value is -0.760. The van der Waals surface area contributed by atoms with Gasteiger partial charge < -0.3 is 10.2 Å². The maximum absolute atomic E-state index is 6.24. The van der Waals surface area contributed by atoms with Gasteiger partial charge in [0, 0.05) is 11.6 Å². The summed E-state index contributed by atoms with van der Waals surface area (Å²) in [6, 6.07) is 0.135. The zero-order chi connectivity index (χ0) is 12.3. The molecule has 1 rings (SSSR count). The first-order valence-corrected chi connectivity index (χ1v) is 6.25. The van der Waals surface area contributed by atoms with Crippen LogP contribution in [0.15, 0.2) is 4.42 Å². The second-order valence-corrected chi connectivity index (χ2v) is 5.18. The first-order chi connectivity index (χ1) is 7.43.